The summed E-state index contributed by atoms with van der Waals surface area (Å²) in [6, 6.07) is 0. The molecule has 0 saturated carbocycles. The van der Waals surface area contributed by atoms with Gasteiger partial charge >= 0.3 is 6.09 Å². The maximum atomic E-state index is 12.0. The number of ether oxygens (including phenoxy) is 1. The molecule has 2 fully saturated rings. The molecule has 0 atom stereocenters. The van der Waals surface area contributed by atoms with Crippen molar-refractivity contribution in [2.24, 2.45) is 0 Å². The monoisotopic (exact) mass is 472 g/mol. The van der Waals surface area contributed by atoms with Crippen molar-refractivity contribution in [3.05, 3.63) is 0 Å². The molecule has 0 bridgehead atoms. The lowest BCUT2D eigenvalue weighted by Gasteiger charge is -2.39. The summed E-state index contributed by atoms with van der Waals surface area (Å²) in [6.07, 6.45) is 2.99. The van der Waals surface area contributed by atoms with Gasteiger partial charge in [-0.25, -0.2) is 4.79 Å². The lowest BCUT2D eigenvalue weighted by Crippen LogP contribution is -2.53. The summed E-state index contributed by atoms with van der Waals surface area (Å²) in [7, 11) is 0. The van der Waals surface area contributed by atoms with Crippen LogP contribution in [0.15, 0.2) is 0 Å². The summed E-state index contributed by atoms with van der Waals surface area (Å²) in [6.45, 7) is 22.5. The molecule has 2 rings (SSSR count). The number of rotatable bonds is 8. The van der Waals surface area contributed by atoms with Gasteiger partial charge in [0.05, 0.1) is 11.2 Å². The molecule has 3 N–H and O–H groups in total. The SMILES string of the molecule is CCC(O)(CC)CN1CCN(C(=O)OC(C)(C)C)CC1.CCC(O)(CC)CN1CCNCC1. The zero-order valence-corrected chi connectivity index (χ0v) is 22.5. The number of amides is 1. The molecule has 33 heavy (non-hydrogen) atoms. The van der Waals surface area contributed by atoms with Crippen LogP contribution >= 0.6 is 0 Å². The Morgan fingerprint density at radius 2 is 1.15 bits per heavy atom. The van der Waals surface area contributed by atoms with Crippen LogP contribution in [0.3, 0.4) is 0 Å². The molecule has 2 aliphatic heterocycles. The first-order chi connectivity index (χ1) is 15.4. The van der Waals surface area contributed by atoms with Crippen molar-refractivity contribution < 1.29 is 19.7 Å². The largest absolute Gasteiger partial charge is 0.444 e. The number of carbonyl (C=O) groups excluding carboxylic acids is 1. The Labute approximate surface area is 202 Å². The second-order valence-electron chi connectivity index (χ2n) is 10.6. The van der Waals surface area contributed by atoms with Gasteiger partial charge in [0.1, 0.15) is 5.60 Å². The Hall–Kier alpha value is -0.930. The minimum atomic E-state index is -0.603. The number of hydrogen-bond acceptors (Lipinski definition) is 7. The lowest BCUT2D eigenvalue weighted by molar-refractivity contribution is -0.0214. The fourth-order valence-corrected chi connectivity index (χ4v) is 4.06. The van der Waals surface area contributed by atoms with E-state index in [0.717, 1.165) is 71.5 Å². The summed E-state index contributed by atoms with van der Waals surface area (Å²) in [5.41, 5.74) is -1.51. The number of nitrogens with one attached hydrogen (secondary N) is 1. The Balaban J connectivity index is 0.000000361. The van der Waals surface area contributed by atoms with Crippen LogP contribution in [0.4, 0.5) is 4.79 Å². The number of nitrogens with zero attached hydrogens (tertiary/aromatic N) is 3. The van der Waals surface area contributed by atoms with E-state index in [1.165, 1.54) is 0 Å². The highest BCUT2D eigenvalue weighted by atomic mass is 16.6. The van der Waals surface area contributed by atoms with Gasteiger partial charge in [-0.3, -0.25) is 9.80 Å². The van der Waals surface area contributed by atoms with Crippen LogP contribution in [0, 0.1) is 0 Å². The lowest BCUT2D eigenvalue weighted by atomic mass is 9.96. The third-order valence-electron chi connectivity index (χ3n) is 6.90. The molecule has 1 amide bonds. The van der Waals surface area contributed by atoms with E-state index < -0.39 is 16.8 Å². The normalized spacial score (nSPS) is 19.1. The minimum Gasteiger partial charge on any atom is -0.444 e. The number of β-amino-alcohol motifs (C(OH)–C–C–N with tert-alkyl or cyclic N) is 2. The zero-order valence-electron chi connectivity index (χ0n) is 22.5. The van der Waals surface area contributed by atoms with E-state index >= 15 is 0 Å². The number of aliphatic hydroxyl groups is 2. The summed E-state index contributed by atoms with van der Waals surface area (Å²) in [4.78, 5) is 18.3. The molecular formula is C25H52N4O4. The highest BCUT2D eigenvalue weighted by Crippen LogP contribution is 2.19. The molecule has 2 aliphatic rings. The first kappa shape index (κ1) is 30.1. The Kier molecular flexibility index (Phi) is 12.6. The molecule has 2 heterocycles. The molecule has 0 aliphatic carbocycles. The van der Waals surface area contributed by atoms with Crippen LogP contribution in [-0.2, 0) is 4.74 Å². The van der Waals surface area contributed by atoms with Crippen LogP contribution in [-0.4, -0.2) is 113 Å². The smallest absolute Gasteiger partial charge is 0.410 e. The van der Waals surface area contributed by atoms with Crippen LogP contribution in [0.1, 0.15) is 74.1 Å². The van der Waals surface area contributed by atoms with E-state index in [9.17, 15) is 15.0 Å². The molecule has 8 heteroatoms. The van der Waals surface area contributed by atoms with Gasteiger partial charge < -0.3 is 25.2 Å². The summed E-state index contributed by atoms with van der Waals surface area (Å²) < 4.78 is 5.37. The van der Waals surface area contributed by atoms with E-state index in [-0.39, 0.29) is 6.09 Å². The van der Waals surface area contributed by atoms with Gasteiger partial charge in [0.25, 0.3) is 0 Å². The van der Waals surface area contributed by atoms with E-state index in [0.29, 0.717) is 19.6 Å². The van der Waals surface area contributed by atoms with Gasteiger partial charge in [0, 0.05) is 65.4 Å². The first-order valence-electron chi connectivity index (χ1n) is 13.0. The van der Waals surface area contributed by atoms with E-state index in [1.807, 2.05) is 34.6 Å². The van der Waals surface area contributed by atoms with Crippen LogP contribution < -0.4 is 5.32 Å². The minimum absolute atomic E-state index is 0.238. The Morgan fingerprint density at radius 3 is 1.52 bits per heavy atom. The molecule has 0 spiro atoms. The highest BCUT2D eigenvalue weighted by molar-refractivity contribution is 5.68. The molecule has 0 unspecified atom stereocenters. The van der Waals surface area contributed by atoms with Crippen molar-refractivity contribution in [1.82, 2.24) is 20.0 Å². The average molecular weight is 473 g/mol. The van der Waals surface area contributed by atoms with Crippen molar-refractivity contribution in [2.45, 2.75) is 91.0 Å². The summed E-state index contributed by atoms with van der Waals surface area (Å²) >= 11 is 0. The van der Waals surface area contributed by atoms with Crippen LogP contribution in [0.2, 0.25) is 0 Å². The molecule has 0 aromatic rings. The summed E-state index contributed by atoms with van der Waals surface area (Å²) in [5, 5.41) is 23.8. The predicted octanol–water partition coefficient (Wildman–Crippen LogP) is 2.53. The quantitative estimate of drug-likeness (QED) is 0.500. The van der Waals surface area contributed by atoms with Gasteiger partial charge in [-0.2, -0.15) is 0 Å². The van der Waals surface area contributed by atoms with Gasteiger partial charge in [0.15, 0.2) is 0 Å². The standard InChI is InChI=1S/C15H30N2O3.C10H22N2O/c1-6-15(19,7-2)12-16-8-10-17(11-9-16)13(18)20-14(3,4)5;1-3-10(13,4-2)9-12-7-5-11-6-8-12/h19H,6-12H2,1-5H3;11,13H,3-9H2,1-2H3. The molecule has 0 radical (unpaired) electrons. The highest BCUT2D eigenvalue weighted by Gasteiger charge is 2.30. The van der Waals surface area contributed by atoms with E-state index in [4.69, 9.17) is 4.74 Å². The molecular weight excluding hydrogens is 420 g/mol. The van der Waals surface area contributed by atoms with Gasteiger partial charge in [0.2, 0.25) is 0 Å². The summed E-state index contributed by atoms with van der Waals surface area (Å²) in [5.74, 6) is 0. The number of piperazine rings is 2. The third kappa shape index (κ3) is 11.4. The van der Waals surface area contributed by atoms with Crippen molar-refractivity contribution in [2.75, 3.05) is 65.4 Å². The second kappa shape index (κ2) is 13.8. The zero-order chi connectivity index (χ0) is 25.1. The third-order valence-corrected chi connectivity index (χ3v) is 6.90. The van der Waals surface area contributed by atoms with Gasteiger partial charge in [-0.1, -0.05) is 27.7 Å². The Morgan fingerprint density at radius 1 is 0.758 bits per heavy atom. The van der Waals surface area contributed by atoms with Crippen molar-refractivity contribution >= 4 is 6.09 Å². The first-order valence-corrected chi connectivity index (χ1v) is 13.0. The van der Waals surface area contributed by atoms with E-state index in [2.05, 4.69) is 29.0 Å². The number of carbonyl (C=O) groups is 1. The second-order valence-corrected chi connectivity index (χ2v) is 10.6. The number of hydrogen-bond donors (Lipinski definition) is 3. The van der Waals surface area contributed by atoms with Crippen LogP contribution in [0.25, 0.3) is 0 Å². The fraction of sp³-hybridized carbons (Fsp3) is 0.960. The Bertz CT molecular complexity index is 545. The van der Waals surface area contributed by atoms with Gasteiger partial charge in [-0.15, -0.1) is 0 Å². The molecule has 2 saturated heterocycles. The molecule has 0 aromatic heterocycles. The maximum absolute atomic E-state index is 12.0. The van der Waals surface area contributed by atoms with Crippen LogP contribution in [0.5, 0.6) is 0 Å². The molecule has 196 valence electrons. The maximum Gasteiger partial charge on any atom is 0.410 e. The fourth-order valence-electron chi connectivity index (χ4n) is 4.06. The average Bonchev–Trinajstić information content (AvgIpc) is 2.79. The van der Waals surface area contributed by atoms with Crippen molar-refractivity contribution in [1.29, 1.82) is 0 Å². The topological polar surface area (TPSA) is 88.5 Å². The van der Waals surface area contributed by atoms with Crippen molar-refractivity contribution in [3.63, 3.8) is 0 Å². The predicted molar refractivity (Wildman–Crippen MR) is 135 cm³/mol. The molecule has 0 aromatic carbocycles. The van der Waals surface area contributed by atoms with Crippen molar-refractivity contribution in [3.8, 4) is 0 Å². The van der Waals surface area contributed by atoms with Gasteiger partial charge in [-0.05, 0) is 46.5 Å². The van der Waals surface area contributed by atoms with E-state index in [1.54, 1.807) is 4.90 Å². The molecule has 8 nitrogen and oxygen atoms in total.